The molecule has 2 rings (SSSR count). The normalized spacial score (nSPS) is 21.2. The van der Waals surface area contributed by atoms with Crippen molar-refractivity contribution < 1.29 is 9.31 Å². The van der Waals surface area contributed by atoms with Crippen molar-refractivity contribution >= 4 is 13.2 Å². The monoisotopic (exact) mass is 259 g/mol. The van der Waals surface area contributed by atoms with Crippen molar-refractivity contribution in [1.29, 1.82) is 0 Å². The zero-order valence-corrected chi connectivity index (χ0v) is 12.4. The van der Waals surface area contributed by atoms with E-state index in [1.165, 1.54) is 5.56 Å². The number of aryl methyl sites for hydroxylation is 1. The number of hydrogen-bond donors (Lipinski definition) is 0. The molecule has 0 radical (unpaired) electrons. The van der Waals surface area contributed by atoms with Crippen molar-refractivity contribution in [2.75, 3.05) is 0 Å². The largest absolute Gasteiger partial charge is 0.487 e. The number of hydrogen-bond acceptors (Lipinski definition) is 3. The minimum atomic E-state index is -0.296. The van der Waals surface area contributed by atoms with Gasteiger partial charge in [-0.1, -0.05) is 19.0 Å². The van der Waals surface area contributed by atoms with E-state index in [-0.39, 0.29) is 18.3 Å². The van der Waals surface area contributed by atoms with Gasteiger partial charge in [0.2, 0.25) is 0 Å². The Bertz CT molecular complexity index is 467. The quantitative estimate of drug-likeness (QED) is 0.780. The summed E-state index contributed by atoms with van der Waals surface area (Å²) in [6, 6.07) is 2.05. The molecule has 102 valence electrons. The molecule has 2 heterocycles. The Morgan fingerprint density at radius 3 is 2.42 bits per heavy atom. The van der Waals surface area contributed by atoms with Crippen LogP contribution in [0.25, 0.3) is 6.08 Å². The van der Waals surface area contributed by atoms with Crippen molar-refractivity contribution in [3.05, 3.63) is 35.6 Å². The van der Waals surface area contributed by atoms with Crippen LogP contribution in [0.4, 0.5) is 0 Å². The van der Waals surface area contributed by atoms with Crippen LogP contribution < -0.4 is 0 Å². The lowest BCUT2D eigenvalue weighted by molar-refractivity contribution is 0.00578. The first-order valence-corrected chi connectivity index (χ1v) is 6.82. The third kappa shape index (κ3) is 2.90. The molecule has 0 spiro atoms. The highest BCUT2D eigenvalue weighted by Crippen LogP contribution is 2.37. The third-order valence-corrected chi connectivity index (χ3v) is 4.03. The van der Waals surface area contributed by atoms with Crippen molar-refractivity contribution in [2.45, 2.75) is 52.2 Å². The molecule has 0 bridgehead atoms. The molecule has 1 aromatic heterocycles. The summed E-state index contributed by atoms with van der Waals surface area (Å²) < 4.78 is 11.9. The summed E-state index contributed by atoms with van der Waals surface area (Å²) in [6.45, 7) is 10.4. The minimum Gasteiger partial charge on any atom is -0.400 e. The molecule has 1 aliphatic rings. The van der Waals surface area contributed by atoms with E-state index < -0.39 is 0 Å². The zero-order chi connectivity index (χ0) is 14.1. The highest BCUT2D eigenvalue weighted by Gasteiger charge is 2.49. The van der Waals surface area contributed by atoms with Crippen LogP contribution in [0.3, 0.4) is 0 Å². The van der Waals surface area contributed by atoms with E-state index in [4.69, 9.17) is 9.31 Å². The van der Waals surface area contributed by atoms with Crippen LogP contribution in [0, 0.1) is 0 Å². The van der Waals surface area contributed by atoms with Crippen LogP contribution in [0.15, 0.2) is 24.4 Å². The van der Waals surface area contributed by atoms with Gasteiger partial charge in [0.15, 0.2) is 0 Å². The summed E-state index contributed by atoms with van der Waals surface area (Å²) >= 11 is 0. The van der Waals surface area contributed by atoms with Gasteiger partial charge in [0.1, 0.15) is 0 Å². The molecule has 0 unspecified atom stereocenters. The van der Waals surface area contributed by atoms with E-state index in [9.17, 15) is 0 Å². The molecule has 1 aliphatic heterocycles. The molecule has 1 aromatic rings. The molecule has 0 aromatic carbocycles. The molecule has 0 atom stereocenters. The fourth-order valence-corrected chi connectivity index (χ4v) is 2.06. The lowest BCUT2D eigenvalue weighted by Crippen LogP contribution is -2.41. The minimum absolute atomic E-state index is 0.287. The lowest BCUT2D eigenvalue weighted by Gasteiger charge is -2.32. The van der Waals surface area contributed by atoms with Gasteiger partial charge >= 0.3 is 7.12 Å². The lowest BCUT2D eigenvalue weighted by atomic mass is 9.88. The van der Waals surface area contributed by atoms with Gasteiger partial charge in [-0.25, -0.2) is 0 Å². The van der Waals surface area contributed by atoms with E-state index in [0.29, 0.717) is 0 Å². The molecule has 0 saturated carbocycles. The van der Waals surface area contributed by atoms with E-state index in [2.05, 4.69) is 39.6 Å². The van der Waals surface area contributed by atoms with Gasteiger partial charge in [0.25, 0.3) is 0 Å². The molecule has 19 heavy (non-hydrogen) atoms. The maximum absolute atomic E-state index is 5.93. The molecule has 0 amide bonds. The summed E-state index contributed by atoms with van der Waals surface area (Å²) in [5.41, 5.74) is 1.83. The van der Waals surface area contributed by atoms with Gasteiger partial charge < -0.3 is 9.31 Å². The first kappa shape index (κ1) is 14.3. The molecular formula is C15H22BNO2. The number of nitrogens with zero attached hydrogens (tertiary/aromatic N) is 1. The summed E-state index contributed by atoms with van der Waals surface area (Å²) in [5.74, 6) is 1.96. The number of rotatable bonds is 3. The summed E-state index contributed by atoms with van der Waals surface area (Å²) in [5, 5.41) is 0. The van der Waals surface area contributed by atoms with Gasteiger partial charge in [-0.3, -0.25) is 4.98 Å². The molecule has 1 saturated heterocycles. The van der Waals surface area contributed by atoms with Crippen molar-refractivity contribution in [2.24, 2.45) is 0 Å². The number of pyridine rings is 1. The second-order valence-corrected chi connectivity index (χ2v) is 5.91. The highest BCUT2D eigenvalue weighted by molar-refractivity contribution is 6.52. The van der Waals surface area contributed by atoms with E-state index in [1.54, 1.807) is 0 Å². The van der Waals surface area contributed by atoms with E-state index in [0.717, 1.165) is 12.0 Å². The Kier molecular flexibility index (Phi) is 3.84. The van der Waals surface area contributed by atoms with Crippen LogP contribution in [-0.4, -0.2) is 23.3 Å². The maximum atomic E-state index is 5.93. The third-order valence-electron chi connectivity index (χ3n) is 4.03. The predicted molar refractivity (Wildman–Crippen MR) is 78.7 cm³/mol. The molecular weight excluding hydrogens is 237 g/mol. The average Bonchev–Trinajstić information content (AvgIpc) is 2.55. The van der Waals surface area contributed by atoms with Crippen LogP contribution in [0.5, 0.6) is 0 Å². The van der Waals surface area contributed by atoms with Gasteiger partial charge in [-0.15, -0.1) is 0 Å². The van der Waals surface area contributed by atoms with Crippen molar-refractivity contribution in [1.82, 2.24) is 4.98 Å². The molecule has 1 fully saturated rings. The predicted octanol–water partition coefficient (Wildman–Crippen LogP) is 3.29. The summed E-state index contributed by atoms with van der Waals surface area (Å²) in [4.78, 5) is 4.16. The first-order chi connectivity index (χ1) is 8.86. The molecule has 4 heteroatoms. The standard InChI is InChI=1S/C15H22BNO2/c1-6-12-8-10-17-11-13(12)7-9-16-18-14(2,3)15(4,5)19-16/h7-11H,6H2,1-5H3/b9-7+. The van der Waals surface area contributed by atoms with E-state index in [1.807, 2.05) is 30.5 Å². The topological polar surface area (TPSA) is 31.4 Å². The first-order valence-electron chi connectivity index (χ1n) is 6.82. The average molecular weight is 259 g/mol. The Morgan fingerprint density at radius 2 is 1.84 bits per heavy atom. The highest BCUT2D eigenvalue weighted by atomic mass is 16.7. The van der Waals surface area contributed by atoms with Gasteiger partial charge in [0.05, 0.1) is 11.2 Å². The molecule has 0 aliphatic carbocycles. The van der Waals surface area contributed by atoms with Crippen LogP contribution in [0.2, 0.25) is 0 Å². The van der Waals surface area contributed by atoms with Crippen LogP contribution in [0.1, 0.15) is 45.7 Å². The fraction of sp³-hybridized carbons (Fsp3) is 0.533. The van der Waals surface area contributed by atoms with Crippen molar-refractivity contribution in [3.63, 3.8) is 0 Å². The van der Waals surface area contributed by atoms with Crippen LogP contribution in [-0.2, 0) is 15.7 Å². The van der Waals surface area contributed by atoms with Crippen LogP contribution >= 0.6 is 0 Å². The SMILES string of the molecule is CCc1ccncc1/C=C/B1OC(C)(C)C(C)(C)O1. The fourth-order valence-electron chi connectivity index (χ4n) is 2.06. The Hall–Kier alpha value is -1.13. The Morgan fingerprint density at radius 1 is 1.21 bits per heavy atom. The smallest absolute Gasteiger partial charge is 0.400 e. The van der Waals surface area contributed by atoms with Gasteiger partial charge in [-0.2, -0.15) is 0 Å². The second kappa shape index (κ2) is 5.10. The Labute approximate surface area is 116 Å². The molecule has 3 nitrogen and oxygen atoms in total. The molecule has 0 N–H and O–H groups in total. The van der Waals surface area contributed by atoms with E-state index >= 15 is 0 Å². The zero-order valence-electron chi connectivity index (χ0n) is 12.4. The Balaban J connectivity index is 2.13. The second-order valence-electron chi connectivity index (χ2n) is 5.91. The summed E-state index contributed by atoms with van der Waals surface area (Å²) in [7, 11) is -0.296. The number of aromatic nitrogens is 1. The summed E-state index contributed by atoms with van der Waals surface area (Å²) in [6.07, 6.45) is 6.73. The maximum Gasteiger partial charge on any atom is 0.487 e. The van der Waals surface area contributed by atoms with Gasteiger partial charge in [-0.05, 0) is 51.3 Å². The van der Waals surface area contributed by atoms with Gasteiger partial charge in [0, 0.05) is 12.4 Å². The van der Waals surface area contributed by atoms with Crippen molar-refractivity contribution in [3.8, 4) is 0 Å².